The molecular formula is C19H17FN2O2. The molecule has 0 atom stereocenters. The zero-order valence-electron chi connectivity index (χ0n) is 13.5. The van der Waals surface area contributed by atoms with Crippen molar-refractivity contribution in [2.75, 3.05) is 6.61 Å². The predicted molar refractivity (Wildman–Crippen MR) is 90.1 cm³/mol. The summed E-state index contributed by atoms with van der Waals surface area (Å²) in [6.45, 7) is 3.89. The number of benzene rings is 1. The molecule has 0 bridgehead atoms. The van der Waals surface area contributed by atoms with Crippen LogP contribution < -0.4 is 0 Å². The highest BCUT2D eigenvalue weighted by Crippen LogP contribution is 2.36. The Hall–Kier alpha value is -2.95. The topological polar surface area (TPSA) is 55.0 Å². The van der Waals surface area contributed by atoms with E-state index in [4.69, 9.17) is 4.74 Å². The molecule has 5 heteroatoms. The van der Waals surface area contributed by atoms with Crippen molar-refractivity contribution in [3.63, 3.8) is 0 Å². The molecule has 0 amide bonds. The van der Waals surface area contributed by atoms with E-state index in [1.165, 1.54) is 12.1 Å². The number of halogens is 1. The molecule has 122 valence electrons. The van der Waals surface area contributed by atoms with Crippen molar-refractivity contribution in [2.45, 2.75) is 13.8 Å². The van der Waals surface area contributed by atoms with Gasteiger partial charge in [-0.05, 0) is 61.4 Å². The van der Waals surface area contributed by atoms with Crippen LogP contribution in [0, 0.1) is 12.7 Å². The Morgan fingerprint density at radius 2 is 1.79 bits per heavy atom. The molecule has 0 aliphatic rings. The lowest BCUT2D eigenvalue weighted by Crippen LogP contribution is -2.06. The maximum atomic E-state index is 13.2. The largest absolute Gasteiger partial charge is 0.462 e. The fourth-order valence-corrected chi connectivity index (χ4v) is 2.72. The number of carbonyl (C=O) groups is 1. The molecule has 0 aliphatic heterocycles. The standard InChI is InChI=1S/C19H17FN2O2/c1-3-24-19(23)16-12(2)22-18(14-4-6-15(20)7-5-14)17(16)13-8-10-21-11-9-13/h4-11,22H,3H2,1-2H3. The van der Waals surface area contributed by atoms with Crippen LogP contribution in [0.5, 0.6) is 0 Å². The van der Waals surface area contributed by atoms with Crippen molar-refractivity contribution < 1.29 is 13.9 Å². The minimum absolute atomic E-state index is 0.297. The van der Waals surface area contributed by atoms with Gasteiger partial charge in [0.05, 0.1) is 17.9 Å². The number of pyridine rings is 1. The van der Waals surface area contributed by atoms with E-state index in [2.05, 4.69) is 9.97 Å². The molecule has 0 radical (unpaired) electrons. The van der Waals surface area contributed by atoms with Crippen LogP contribution in [-0.2, 0) is 4.74 Å². The molecular weight excluding hydrogens is 307 g/mol. The number of aryl methyl sites for hydroxylation is 1. The van der Waals surface area contributed by atoms with E-state index in [0.717, 1.165) is 22.4 Å². The number of carbonyl (C=O) groups excluding carboxylic acids is 1. The van der Waals surface area contributed by atoms with Gasteiger partial charge in [-0.3, -0.25) is 4.98 Å². The number of esters is 1. The van der Waals surface area contributed by atoms with E-state index in [1.54, 1.807) is 31.5 Å². The Balaban J connectivity index is 2.24. The van der Waals surface area contributed by atoms with Gasteiger partial charge in [-0.1, -0.05) is 0 Å². The number of nitrogens with one attached hydrogen (secondary N) is 1. The lowest BCUT2D eigenvalue weighted by molar-refractivity contribution is 0.0526. The molecule has 1 aromatic carbocycles. The number of hydrogen-bond donors (Lipinski definition) is 1. The first-order valence-corrected chi connectivity index (χ1v) is 7.67. The highest BCUT2D eigenvalue weighted by molar-refractivity contribution is 6.03. The van der Waals surface area contributed by atoms with Gasteiger partial charge in [-0.15, -0.1) is 0 Å². The molecule has 0 aliphatic carbocycles. The number of H-pyrrole nitrogens is 1. The summed E-state index contributed by atoms with van der Waals surface area (Å²) in [5.74, 6) is -0.690. The van der Waals surface area contributed by atoms with Crippen molar-refractivity contribution >= 4 is 5.97 Å². The molecule has 2 aromatic heterocycles. The first-order chi connectivity index (χ1) is 11.6. The lowest BCUT2D eigenvalue weighted by Gasteiger charge is -2.08. The average Bonchev–Trinajstić information content (AvgIpc) is 2.94. The maximum absolute atomic E-state index is 13.2. The molecule has 4 nitrogen and oxygen atoms in total. The van der Waals surface area contributed by atoms with E-state index >= 15 is 0 Å². The SMILES string of the molecule is CCOC(=O)c1c(C)[nH]c(-c2ccc(F)cc2)c1-c1ccncc1. The third-order valence-electron chi connectivity index (χ3n) is 3.77. The highest BCUT2D eigenvalue weighted by Gasteiger charge is 2.24. The molecule has 0 fully saturated rings. The quantitative estimate of drug-likeness (QED) is 0.725. The van der Waals surface area contributed by atoms with Crippen LogP contribution in [0.4, 0.5) is 4.39 Å². The summed E-state index contributed by atoms with van der Waals surface area (Å²) < 4.78 is 18.5. The van der Waals surface area contributed by atoms with Crippen LogP contribution in [0.1, 0.15) is 23.0 Å². The van der Waals surface area contributed by atoms with Crippen molar-refractivity contribution in [1.29, 1.82) is 0 Å². The molecule has 0 unspecified atom stereocenters. The summed E-state index contributed by atoms with van der Waals surface area (Å²) in [6.07, 6.45) is 3.34. The summed E-state index contributed by atoms with van der Waals surface area (Å²) in [5, 5.41) is 0. The van der Waals surface area contributed by atoms with E-state index in [-0.39, 0.29) is 11.8 Å². The smallest absolute Gasteiger partial charge is 0.340 e. The fraction of sp³-hybridized carbons (Fsp3) is 0.158. The van der Waals surface area contributed by atoms with Crippen LogP contribution in [0.25, 0.3) is 22.4 Å². The Morgan fingerprint density at radius 3 is 2.42 bits per heavy atom. The van der Waals surface area contributed by atoms with Gasteiger partial charge in [0.25, 0.3) is 0 Å². The summed E-state index contributed by atoms with van der Waals surface area (Å²) in [4.78, 5) is 19.7. The summed E-state index contributed by atoms with van der Waals surface area (Å²) >= 11 is 0. The van der Waals surface area contributed by atoms with Gasteiger partial charge in [0, 0.05) is 23.7 Å². The lowest BCUT2D eigenvalue weighted by atomic mass is 9.98. The van der Waals surface area contributed by atoms with E-state index in [0.29, 0.717) is 17.9 Å². The maximum Gasteiger partial charge on any atom is 0.340 e. The molecule has 0 saturated carbocycles. The molecule has 0 spiro atoms. The number of rotatable bonds is 4. The first kappa shape index (κ1) is 15.9. The third-order valence-corrected chi connectivity index (χ3v) is 3.77. The average molecular weight is 324 g/mol. The summed E-state index contributed by atoms with van der Waals surface area (Å²) in [6, 6.07) is 9.81. The van der Waals surface area contributed by atoms with Gasteiger partial charge in [0.2, 0.25) is 0 Å². The first-order valence-electron chi connectivity index (χ1n) is 7.67. The van der Waals surface area contributed by atoms with Crippen molar-refractivity contribution in [3.8, 4) is 22.4 Å². The fourth-order valence-electron chi connectivity index (χ4n) is 2.72. The second-order valence-electron chi connectivity index (χ2n) is 5.34. The molecule has 0 saturated heterocycles. The van der Waals surface area contributed by atoms with Crippen LogP contribution >= 0.6 is 0 Å². The Labute approximate surface area is 139 Å². The Morgan fingerprint density at radius 1 is 1.12 bits per heavy atom. The third kappa shape index (κ3) is 2.93. The van der Waals surface area contributed by atoms with Gasteiger partial charge in [0.1, 0.15) is 5.82 Å². The Kier molecular flexibility index (Phi) is 4.42. The molecule has 24 heavy (non-hydrogen) atoms. The second-order valence-corrected chi connectivity index (χ2v) is 5.34. The number of nitrogens with zero attached hydrogens (tertiary/aromatic N) is 1. The number of ether oxygens (including phenoxy) is 1. The summed E-state index contributed by atoms with van der Waals surface area (Å²) in [7, 11) is 0. The number of hydrogen-bond acceptors (Lipinski definition) is 3. The van der Waals surface area contributed by atoms with E-state index in [9.17, 15) is 9.18 Å². The van der Waals surface area contributed by atoms with Crippen molar-refractivity contribution in [1.82, 2.24) is 9.97 Å². The minimum Gasteiger partial charge on any atom is -0.462 e. The molecule has 2 heterocycles. The van der Waals surface area contributed by atoms with Crippen molar-refractivity contribution in [2.24, 2.45) is 0 Å². The monoisotopic (exact) mass is 324 g/mol. The molecule has 3 rings (SSSR count). The zero-order valence-corrected chi connectivity index (χ0v) is 13.5. The minimum atomic E-state index is -0.383. The second kappa shape index (κ2) is 6.66. The number of aromatic amines is 1. The molecule has 3 aromatic rings. The van der Waals surface area contributed by atoms with Gasteiger partial charge in [-0.2, -0.15) is 0 Å². The van der Waals surface area contributed by atoms with Crippen molar-refractivity contribution in [3.05, 3.63) is 65.9 Å². The predicted octanol–water partition coefficient (Wildman–Crippen LogP) is 4.37. The van der Waals surface area contributed by atoms with Crippen LogP contribution in [0.15, 0.2) is 48.8 Å². The normalized spacial score (nSPS) is 10.6. The highest BCUT2D eigenvalue weighted by atomic mass is 19.1. The number of aromatic nitrogens is 2. The summed E-state index contributed by atoms with van der Waals surface area (Å²) in [5.41, 5.74) is 4.32. The van der Waals surface area contributed by atoms with Gasteiger partial charge in [-0.25, -0.2) is 9.18 Å². The Bertz CT molecular complexity index is 855. The molecule has 1 N–H and O–H groups in total. The van der Waals surface area contributed by atoms with Crippen LogP contribution in [-0.4, -0.2) is 22.5 Å². The van der Waals surface area contributed by atoms with Gasteiger partial charge < -0.3 is 9.72 Å². The van der Waals surface area contributed by atoms with Crippen LogP contribution in [0.2, 0.25) is 0 Å². The van der Waals surface area contributed by atoms with Crippen LogP contribution in [0.3, 0.4) is 0 Å². The zero-order chi connectivity index (χ0) is 17.1. The van der Waals surface area contributed by atoms with Gasteiger partial charge >= 0.3 is 5.97 Å². The van der Waals surface area contributed by atoms with E-state index in [1.807, 2.05) is 19.1 Å². The van der Waals surface area contributed by atoms with E-state index < -0.39 is 0 Å². The van der Waals surface area contributed by atoms with Gasteiger partial charge in [0.15, 0.2) is 0 Å².